The van der Waals surface area contributed by atoms with Crippen molar-refractivity contribution < 1.29 is 22.9 Å². The van der Waals surface area contributed by atoms with E-state index < -0.39 is 27.5 Å². The third-order valence-corrected chi connectivity index (χ3v) is 5.69. The van der Waals surface area contributed by atoms with Gasteiger partial charge in [0.1, 0.15) is 5.75 Å². The Balaban J connectivity index is 2.06. The van der Waals surface area contributed by atoms with Gasteiger partial charge in [-0.1, -0.05) is 17.7 Å². The smallest absolute Gasteiger partial charge is 0.274 e. The summed E-state index contributed by atoms with van der Waals surface area (Å²) in [6, 6.07) is 7.94. The summed E-state index contributed by atoms with van der Waals surface area (Å²) < 4.78 is 32.1. The van der Waals surface area contributed by atoms with E-state index in [1.807, 2.05) is 0 Å². The van der Waals surface area contributed by atoms with Crippen molar-refractivity contribution in [3.8, 4) is 5.75 Å². The molecule has 0 aliphatic carbocycles. The summed E-state index contributed by atoms with van der Waals surface area (Å²) in [5, 5.41) is 13.5. The summed E-state index contributed by atoms with van der Waals surface area (Å²) in [5.74, 6) is -0.427. The first-order valence-corrected chi connectivity index (χ1v) is 10.4. The van der Waals surface area contributed by atoms with Crippen molar-refractivity contribution in [2.24, 2.45) is 0 Å². The highest BCUT2D eigenvalue weighted by atomic mass is 35.5. The van der Waals surface area contributed by atoms with E-state index in [9.17, 15) is 23.3 Å². The highest BCUT2D eigenvalue weighted by Gasteiger charge is 2.18. The van der Waals surface area contributed by atoms with Gasteiger partial charge in [0.25, 0.3) is 11.6 Å². The predicted octanol–water partition coefficient (Wildman–Crippen LogP) is 3.26. The fraction of sp³-hybridized carbons (Fsp3) is 0.278. The molecule has 0 heterocycles. The van der Waals surface area contributed by atoms with E-state index >= 15 is 0 Å². The van der Waals surface area contributed by atoms with Crippen LogP contribution in [0.3, 0.4) is 0 Å². The molecular weight excluding hydrogens is 422 g/mol. The number of benzene rings is 2. The van der Waals surface area contributed by atoms with Gasteiger partial charge in [0.2, 0.25) is 10.0 Å². The van der Waals surface area contributed by atoms with Crippen LogP contribution in [0.5, 0.6) is 5.75 Å². The minimum atomic E-state index is -3.71. The molecule has 29 heavy (non-hydrogen) atoms. The second-order valence-corrected chi connectivity index (χ2v) is 8.53. The molecule has 0 bridgehead atoms. The van der Waals surface area contributed by atoms with E-state index in [1.54, 1.807) is 13.8 Å². The quantitative estimate of drug-likeness (QED) is 0.478. The number of nitro benzene ring substituents is 1. The number of rotatable bonds is 8. The predicted molar refractivity (Wildman–Crippen MR) is 109 cm³/mol. The number of hydrogen-bond donors (Lipinski definition) is 2. The zero-order valence-electron chi connectivity index (χ0n) is 15.9. The molecule has 0 saturated heterocycles. The van der Waals surface area contributed by atoms with Crippen LogP contribution in [0.2, 0.25) is 5.02 Å². The number of anilines is 1. The van der Waals surface area contributed by atoms with E-state index in [0.29, 0.717) is 11.3 Å². The Morgan fingerprint density at radius 1 is 1.28 bits per heavy atom. The molecule has 2 N–H and O–H groups in total. The van der Waals surface area contributed by atoms with Crippen LogP contribution >= 0.6 is 11.6 Å². The Morgan fingerprint density at radius 3 is 2.55 bits per heavy atom. The molecule has 9 nitrogen and oxygen atoms in total. The molecule has 2 aromatic rings. The third kappa shape index (κ3) is 5.89. The van der Waals surface area contributed by atoms with Gasteiger partial charge < -0.3 is 10.1 Å². The van der Waals surface area contributed by atoms with Gasteiger partial charge in [-0.2, -0.15) is 0 Å². The van der Waals surface area contributed by atoms with Gasteiger partial charge in [-0.25, -0.2) is 13.1 Å². The number of ether oxygens (including phenoxy) is 1. The molecule has 1 amide bonds. The number of carbonyl (C=O) groups excluding carboxylic acids is 1. The lowest BCUT2D eigenvalue weighted by atomic mass is 10.1. The molecule has 11 heteroatoms. The summed E-state index contributed by atoms with van der Waals surface area (Å²) in [7, 11) is -3.71. The van der Waals surface area contributed by atoms with Crippen LogP contribution in [0.15, 0.2) is 41.3 Å². The highest BCUT2D eigenvalue weighted by molar-refractivity contribution is 7.89. The Labute approximate surface area is 173 Å². The van der Waals surface area contributed by atoms with Gasteiger partial charge in [0.05, 0.1) is 26.1 Å². The molecule has 2 rings (SSSR count). The van der Waals surface area contributed by atoms with E-state index in [0.717, 1.165) is 0 Å². The minimum absolute atomic E-state index is 0.0240. The molecule has 0 spiro atoms. The SMILES string of the molecule is Cc1c(NC(=O)COc2ccc(S(=O)(=O)NC(C)C)cc2Cl)cccc1[N+](=O)[O-]. The normalized spacial score (nSPS) is 11.3. The average Bonchev–Trinajstić information content (AvgIpc) is 2.61. The van der Waals surface area contributed by atoms with Crippen LogP contribution in [-0.2, 0) is 14.8 Å². The van der Waals surface area contributed by atoms with Crippen molar-refractivity contribution in [2.75, 3.05) is 11.9 Å². The number of halogens is 1. The number of hydrogen-bond acceptors (Lipinski definition) is 6. The van der Waals surface area contributed by atoms with Crippen LogP contribution < -0.4 is 14.8 Å². The second kappa shape index (κ2) is 9.21. The molecular formula is C18H20ClN3O6S. The number of nitro groups is 1. The summed E-state index contributed by atoms with van der Waals surface area (Å²) in [4.78, 5) is 22.5. The summed E-state index contributed by atoms with van der Waals surface area (Å²) >= 11 is 6.07. The Bertz CT molecular complexity index is 1040. The van der Waals surface area contributed by atoms with Crippen LogP contribution in [-0.4, -0.2) is 31.9 Å². The fourth-order valence-electron chi connectivity index (χ4n) is 2.43. The van der Waals surface area contributed by atoms with Crippen molar-refractivity contribution >= 4 is 38.9 Å². The molecule has 0 aliphatic rings. The number of nitrogens with one attached hydrogen (secondary N) is 2. The Hall–Kier alpha value is -2.69. The largest absolute Gasteiger partial charge is 0.482 e. The lowest BCUT2D eigenvalue weighted by Gasteiger charge is -2.13. The van der Waals surface area contributed by atoms with E-state index in [-0.39, 0.29) is 27.4 Å². The minimum Gasteiger partial charge on any atom is -0.482 e. The van der Waals surface area contributed by atoms with Gasteiger partial charge in [-0.15, -0.1) is 0 Å². The standard InChI is InChI=1S/C18H20ClN3O6S/c1-11(2)21-29(26,27)13-7-8-17(14(19)9-13)28-10-18(23)20-15-5-4-6-16(12(15)3)22(24)25/h4-9,11,21H,10H2,1-3H3,(H,20,23). The van der Waals surface area contributed by atoms with Crippen LogP contribution in [0, 0.1) is 17.0 Å². The maximum Gasteiger partial charge on any atom is 0.274 e. The number of carbonyl (C=O) groups is 1. The van der Waals surface area contributed by atoms with Crippen LogP contribution in [0.1, 0.15) is 19.4 Å². The van der Waals surface area contributed by atoms with E-state index in [4.69, 9.17) is 16.3 Å². The van der Waals surface area contributed by atoms with Crippen molar-refractivity contribution in [1.82, 2.24) is 4.72 Å². The maximum absolute atomic E-state index is 12.2. The van der Waals surface area contributed by atoms with Gasteiger partial charge >= 0.3 is 0 Å². The maximum atomic E-state index is 12.2. The summed E-state index contributed by atoms with van der Waals surface area (Å²) in [6.45, 7) is 4.49. The Kier molecular flexibility index (Phi) is 7.17. The van der Waals surface area contributed by atoms with E-state index in [2.05, 4.69) is 10.0 Å². The van der Waals surface area contributed by atoms with Gasteiger partial charge in [0, 0.05) is 12.1 Å². The summed E-state index contributed by atoms with van der Waals surface area (Å²) in [6.07, 6.45) is 0. The molecule has 0 radical (unpaired) electrons. The van der Waals surface area contributed by atoms with Crippen molar-refractivity contribution in [3.63, 3.8) is 0 Å². The first-order valence-electron chi connectivity index (χ1n) is 8.50. The molecule has 2 aromatic carbocycles. The molecule has 0 aromatic heterocycles. The highest BCUT2D eigenvalue weighted by Crippen LogP contribution is 2.28. The first kappa shape index (κ1) is 22.6. The average molecular weight is 442 g/mol. The lowest BCUT2D eigenvalue weighted by Crippen LogP contribution is -2.30. The molecule has 0 aliphatic heterocycles. The van der Waals surface area contributed by atoms with Crippen molar-refractivity contribution in [3.05, 3.63) is 57.1 Å². The van der Waals surface area contributed by atoms with Crippen molar-refractivity contribution in [1.29, 1.82) is 0 Å². The second-order valence-electron chi connectivity index (χ2n) is 6.41. The zero-order valence-corrected chi connectivity index (χ0v) is 17.5. The van der Waals surface area contributed by atoms with E-state index in [1.165, 1.54) is 43.3 Å². The van der Waals surface area contributed by atoms with Gasteiger partial charge in [-0.05, 0) is 45.0 Å². The van der Waals surface area contributed by atoms with Crippen molar-refractivity contribution in [2.45, 2.75) is 31.7 Å². The van der Waals surface area contributed by atoms with Crippen LogP contribution in [0.25, 0.3) is 0 Å². The third-order valence-electron chi connectivity index (χ3n) is 3.74. The fourth-order valence-corrected chi connectivity index (χ4v) is 4.01. The molecule has 0 fully saturated rings. The van der Waals surface area contributed by atoms with Gasteiger partial charge in [0.15, 0.2) is 6.61 Å². The Morgan fingerprint density at radius 2 is 1.97 bits per heavy atom. The number of sulfonamides is 1. The summed E-state index contributed by atoms with van der Waals surface area (Å²) in [5.41, 5.74) is 0.495. The number of amides is 1. The van der Waals surface area contributed by atoms with Gasteiger partial charge in [-0.3, -0.25) is 14.9 Å². The molecule has 0 saturated carbocycles. The number of nitrogens with zero attached hydrogens (tertiary/aromatic N) is 1. The molecule has 0 atom stereocenters. The lowest BCUT2D eigenvalue weighted by molar-refractivity contribution is -0.385. The molecule has 156 valence electrons. The monoisotopic (exact) mass is 441 g/mol. The molecule has 0 unspecified atom stereocenters. The zero-order chi connectivity index (χ0) is 21.8. The topological polar surface area (TPSA) is 128 Å². The first-order chi connectivity index (χ1) is 13.5. The van der Waals surface area contributed by atoms with Crippen LogP contribution in [0.4, 0.5) is 11.4 Å².